The molecule has 1 radical (unpaired) electrons. The van der Waals surface area contributed by atoms with Crippen LogP contribution in [0.4, 0.5) is 5.69 Å². The summed E-state index contributed by atoms with van der Waals surface area (Å²) in [6.07, 6.45) is 0. The average Bonchev–Trinajstić information content (AvgIpc) is 2.21. The monoisotopic (exact) mass is 196 g/mol. The molecule has 0 spiro atoms. The molecule has 0 saturated carbocycles. The second-order valence-electron chi connectivity index (χ2n) is 3.06. The maximum absolute atomic E-state index is 11.4. The van der Waals surface area contributed by atoms with Crippen molar-refractivity contribution in [3.63, 3.8) is 0 Å². The van der Waals surface area contributed by atoms with E-state index in [0.29, 0.717) is 0 Å². The first-order chi connectivity index (χ1) is 6.17. The highest BCUT2D eigenvalue weighted by atomic mass is 32.2. The highest BCUT2D eigenvalue weighted by Gasteiger charge is 2.17. The van der Waals surface area contributed by atoms with Crippen LogP contribution in [0.5, 0.6) is 0 Å². The zero-order valence-corrected chi connectivity index (χ0v) is 7.84. The molecular formula is C9H10NO2S. The molecule has 0 saturated heterocycles. The number of nitrogens with one attached hydrogen (secondary N) is 1. The van der Waals surface area contributed by atoms with Crippen LogP contribution in [-0.4, -0.2) is 14.2 Å². The number of rotatable bonds is 0. The van der Waals surface area contributed by atoms with Gasteiger partial charge >= 0.3 is 0 Å². The fourth-order valence-corrected chi connectivity index (χ4v) is 2.54. The second-order valence-corrected chi connectivity index (χ2v) is 5.17. The smallest absolute Gasteiger partial charge is 0.156 e. The third-order valence-electron chi connectivity index (χ3n) is 1.99. The number of benzene rings is 1. The summed E-state index contributed by atoms with van der Waals surface area (Å²) >= 11 is 0. The van der Waals surface area contributed by atoms with Gasteiger partial charge in [-0.2, -0.15) is 0 Å². The Morgan fingerprint density at radius 1 is 1.23 bits per heavy atom. The van der Waals surface area contributed by atoms with Crippen LogP contribution < -0.4 is 5.32 Å². The van der Waals surface area contributed by atoms with Gasteiger partial charge in [0.15, 0.2) is 9.84 Å². The Morgan fingerprint density at radius 3 is 2.85 bits per heavy atom. The van der Waals surface area contributed by atoms with Crippen molar-refractivity contribution in [3.8, 4) is 0 Å². The Bertz CT molecular complexity index is 411. The van der Waals surface area contributed by atoms with Crippen LogP contribution >= 0.6 is 0 Å². The SMILES string of the molecule is O=S1(=O)C[CH]Nc2ccccc2C1. The molecule has 1 N–H and O–H groups in total. The molecule has 0 unspecified atom stereocenters. The van der Waals surface area contributed by atoms with E-state index < -0.39 is 9.84 Å². The Hall–Kier alpha value is -1.03. The third kappa shape index (κ3) is 1.83. The topological polar surface area (TPSA) is 46.2 Å². The van der Waals surface area contributed by atoms with E-state index in [2.05, 4.69) is 5.32 Å². The zero-order valence-electron chi connectivity index (χ0n) is 7.03. The summed E-state index contributed by atoms with van der Waals surface area (Å²) in [6.45, 7) is 1.58. The van der Waals surface area contributed by atoms with Crippen LogP contribution in [0.2, 0.25) is 0 Å². The molecule has 1 heterocycles. The molecule has 3 nitrogen and oxygen atoms in total. The molecule has 13 heavy (non-hydrogen) atoms. The summed E-state index contributed by atoms with van der Waals surface area (Å²) in [6, 6.07) is 7.45. The van der Waals surface area contributed by atoms with Gasteiger partial charge in [0.25, 0.3) is 0 Å². The number of sulfone groups is 1. The van der Waals surface area contributed by atoms with Gasteiger partial charge in [-0.3, -0.25) is 0 Å². The van der Waals surface area contributed by atoms with Gasteiger partial charge in [-0.05, 0) is 11.6 Å². The van der Waals surface area contributed by atoms with Crippen molar-refractivity contribution in [2.45, 2.75) is 5.75 Å². The van der Waals surface area contributed by atoms with Gasteiger partial charge in [0.05, 0.1) is 18.1 Å². The van der Waals surface area contributed by atoms with Crippen molar-refractivity contribution in [3.05, 3.63) is 36.4 Å². The van der Waals surface area contributed by atoms with E-state index in [9.17, 15) is 8.42 Å². The van der Waals surface area contributed by atoms with E-state index in [1.807, 2.05) is 24.3 Å². The van der Waals surface area contributed by atoms with E-state index >= 15 is 0 Å². The van der Waals surface area contributed by atoms with Crippen LogP contribution in [0.15, 0.2) is 24.3 Å². The van der Waals surface area contributed by atoms with Crippen molar-refractivity contribution in [1.29, 1.82) is 0 Å². The van der Waals surface area contributed by atoms with Gasteiger partial charge in [-0.1, -0.05) is 18.2 Å². The predicted octanol–water partition coefficient (Wildman–Crippen LogP) is 1.19. The molecular weight excluding hydrogens is 186 g/mol. The van der Waals surface area contributed by atoms with Crippen LogP contribution in [0.3, 0.4) is 0 Å². The summed E-state index contributed by atoms with van der Waals surface area (Å²) in [5, 5.41) is 2.98. The quantitative estimate of drug-likeness (QED) is 0.678. The van der Waals surface area contributed by atoms with Gasteiger partial charge in [-0.25, -0.2) is 8.42 Å². The molecule has 1 aliphatic heterocycles. The van der Waals surface area contributed by atoms with Crippen molar-refractivity contribution in [2.75, 3.05) is 11.1 Å². The molecule has 69 valence electrons. The molecule has 0 amide bonds. The fraction of sp³-hybridized carbons (Fsp3) is 0.222. The minimum absolute atomic E-state index is 0.0989. The van der Waals surface area contributed by atoms with Gasteiger partial charge in [0.1, 0.15) is 0 Å². The summed E-state index contributed by atoms with van der Waals surface area (Å²) < 4.78 is 22.7. The predicted molar refractivity (Wildman–Crippen MR) is 51.9 cm³/mol. The number of hydrogen-bond donors (Lipinski definition) is 1. The highest BCUT2D eigenvalue weighted by Crippen LogP contribution is 2.21. The van der Waals surface area contributed by atoms with E-state index in [1.165, 1.54) is 0 Å². The van der Waals surface area contributed by atoms with Crippen molar-refractivity contribution in [2.24, 2.45) is 0 Å². The Morgan fingerprint density at radius 2 is 2.00 bits per heavy atom. The lowest BCUT2D eigenvalue weighted by Gasteiger charge is -2.03. The van der Waals surface area contributed by atoms with Gasteiger partial charge < -0.3 is 5.32 Å². The number of para-hydroxylation sites is 1. The van der Waals surface area contributed by atoms with E-state index in [1.54, 1.807) is 6.54 Å². The molecule has 2 rings (SSSR count). The summed E-state index contributed by atoms with van der Waals surface area (Å²) in [7, 11) is -2.95. The Labute approximate surface area is 77.7 Å². The van der Waals surface area contributed by atoms with Gasteiger partial charge in [0, 0.05) is 5.69 Å². The summed E-state index contributed by atoms with van der Waals surface area (Å²) in [4.78, 5) is 0. The zero-order chi connectivity index (χ0) is 9.31. The van der Waals surface area contributed by atoms with E-state index in [4.69, 9.17) is 0 Å². The molecule has 0 atom stereocenters. The molecule has 1 aromatic rings. The Kier molecular flexibility index (Phi) is 2.00. The molecule has 1 aromatic carbocycles. The summed E-state index contributed by atoms with van der Waals surface area (Å²) in [5.41, 5.74) is 1.74. The number of anilines is 1. The second kappa shape index (κ2) is 3.03. The first-order valence-electron chi connectivity index (χ1n) is 4.04. The molecule has 0 aromatic heterocycles. The lowest BCUT2D eigenvalue weighted by Crippen LogP contribution is -2.08. The highest BCUT2D eigenvalue weighted by molar-refractivity contribution is 7.90. The minimum atomic E-state index is -2.95. The van der Waals surface area contributed by atoms with Crippen LogP contribution in [-0.2, 0) is 15.6 Å². The standard InChI is InChI=1S/C9H10NO2S/c11-13(12)6-5-10-9-4-2-1-3-8(9)7-13/h1-5,10H,6-7H2. The normalized spacial score (nSPS) is 19.7. The van der Waals surface area contributed by atoms with Gasteiger partial charge in [-0.15, -0.1) is 0 Å². The lowest BCUT2D eigenvalue weighted by atomic mass is 10.2. The van der Waals surface area contributed by atoms with Crippen molar-refractivity contribution < 1.29 is 8.42 Å². The van der Waals surface area contributed by atoms with Crippen LogP contribution in [0, 0.1) is 6.54 Å². The summed E-state index contributed by atoms with van der Waals surface area (Å²) in [5.74, 6) is 0.231. The Balaban J connectivity index is 2.46. The maximum Gasteiger partial charge on any atom is 0.156 e. The van der Waals surface area contributed by atoms with Crippen LogP contribution in [0.1, 0.15) is 5.56 Å². The fourth-order valence-electron chi connectivity index (χ4n) is 1.36. The number of hydrogen-bond acceptors (Lipinski definition) is 3. The average molecular weight is 196 g/mol. The largest absolute Gasteiger partial charge is 0.379 e. The molecule has 1 aliphatic rings. The lowest BCUT2D eigenvalue weighted by molar-refractivity contribution is 0.598. The van der Waals surface area contributed by atoms with Crippen LogP contribution in [0.25, 0.3) is 0 Å². The number of fused-ring (bicyclic) bond motifs is 1. The van der Waals surface area contributed by atoms with E-state index in [0.717, 1.165) is 11.3 Å². The molecule has 0 fully saturated rings. The molecule has 4 heteroatoms. The molecule has 0 bridgehead atoms. The van der Waals surface area contributed by atoms with Crippen molar-refractivity contribution in [1.82, 2.24) is 0 Å². The van der Waals surface area contributed by atoms with Gasteiger partial charge in [0.2, 0.25) is 0 Å². The maximum atomic E-state index is 11.4. The first-order valence-corrected chi connectivity index (χ1v) is 5.86. The van der Waals surface area contributed by atoms with E-state index in [-0.39, 0.29) is 11.5 Å². The van der Waals surface area contributed by atoms with Crippen molar-refractivity contribution >= 4 is 15.5 Å². The molecule has 0 aliphatic carbocycles. The minimum Gasteiger partial charge on any atom is -0.379 e. The third-order valence-corrected chi connectivity index (χ3v) is 3.41. The first kappa shape index (κ1) is 8.56.